The zero-order valence-electron chi connectivity index (χ0n) is 12.2. The summed E-state index contributed by atoms with van der Waals surface area (Å²) in [6.45, 7) is 0.309. The quantitative estimate of drug-likeness (QED) is 0.523. The smallest absolute Gasteiger partial charge is 0.290 e. The molecule has 1 amide bonds. The first-order valence-corrected chi connectivity index (χ1v) is 7.16. The van der Waals surface area contributed by atoms with Crippen molar-refractivity contribution in [3.63, 3.8) is 0 Å². The van der Waals surface area contributed by atoms with E-state index in [0.717, 1.165) is 18.7 Å². The lowest BCUT2D eigenvalue weighted by molar-refractivity contribution is -0.128. The van der Waals surface area contributed by atoms with Crippen molar-refractivity contribution in [3.05, 3.63) is 24.3 Å². The third kappa shape index (κ3) is 3.51. The first-order valence-electron chi connectivity index (χ1n) is 7.16. The van der Waals surface area contributed by atoms with Crippen LogP contribution in [0.2, 0.25) is 0 Å². The molecule has 0 radical (unpaired) electrons. The Morgan fingerprint density at radius 1 is 1.50 bits per heavy atom. The van der Waals surface area contributed by atoms with Crippen molar-refractivity contribution in [3.8, 4) is 0 Å². The summed E-state index contributed by atoms with van der Waals surface area (Å²) in [7, 11) is 0. The molecule has 1 aliphatic carbocycles. The Bertz CT molecular complexity index is 547. The fourth-order valence-corrected chi connectivity index (χ4v) is 2.79. The number of amides is 1. The molecule has 8 nitrogen and oxygen atoms in total. The second-order valence-electron chi connectivity index (χ2n) is 5.51. The van der Waals surface area contributed by atoms with E-state index in [2.05, 4.69) is 15.4 Å². The molecule has 1 aliphatic heterocycles. The van der Waals surface area contributed by atoms with E-state index in [1.54, 1.807) is 4.68 Å². The van der Waals surface area contributed by atoms with Crippen molar-refractivity contribution in [2.45, 2.75) is 37.8 Å². The predicted molar refractivity (Wildman–Crippen MR) is 76.9 cm³/mol. The summed E-state index contributed by atoms with van der Waals surface area (Å²) < 4.78 is 1.80. The third-order valence-corrected chi connectivity index (χ3v) is 4.05. The topological polar surface area (TPSA) is 117 Å². The van der Waals surface area contributed by atoms with Gasteiger partial charge >= 0.3 is 0 Å². The Morgan fingerprint density at radius 3 is 2.82 bits per heavy atom. The number of fused-ring (bicyclic) bond motifs is 1. The number of carbonyl (C=O) groups is 2. The highest BCUT2D eigenvalue weighted by atomic mass is 16.3. The van der Waals surface area contributed by atoms with E-state index >= 15 is 0 Å². The molecule has 0 saturated carbocycles. The highest BCUT2D eigenvalue weighted by molar-refractivity contribution is 5.79. The van der Waals surface area contributed by atoms with E-state index in [1.807, 2.05) is 12.2 Å². The Kier molecular flexibility index (Phi) is 5.26. The summed E-state index contributed by atoms with van der Waals surface area (Å²) in [5.41, 5.74) is -0.486. The fourth-order valence-electron chi connectivity index (χ4n) is 2.79. The summed E-state index contributed by atoms with van der Waals surface area (Å²) >= 11 is 0. The number of nitrogens with zero attached hydrogens (tertiary/aromatic N) is 3. The van der Waals surface area contributed by atoms with Crippen LogP contribution in [-0.2, 0) is 22.6 Å². The van der Waals surface area contributed by atoms with Gasteiger partial charge in [-0.05, 0) is 19.3 Å². The van der Waals surface area contributed by atoms with Gasteiger partial charge in [-0.15, -0.1) is 0 Å². The molecule has 3 rings (SSSR count). The van der Waals surface area contributed by atoms with E-state index in [-0.39, 0.29) is 24.9 Å². The molecule has 0 saturated heterocycles. The Labute approximate surface area is 127 Å². The van der Waals surface area contributed by atoms with Crippen LogP contribution in [-0.4, -0.2) is 49.5 Å². The molecule has 2 aliphatic rings. The fraction of sp³-hybridized carbons (Fsp3) is 0.571. The number of hydrogen-bond acceptors (Lipinski definition) is 5. The molecule has 2 heterocycles. The second-order valence-corrected chi connectivity index (χ2v) is 5.51. The third-order valence-electron chi connectivity index (χ3n) is 4.05. The molecular weight excluding hydrogens is 288 g/mol. The standard InChI is InChI=1S/C13H18N4O2.CH2O2/c18-8-13(5-1-2-6-13)16-12(19)10-3-4-11-14-9-15-17(11)7-10;2-1-3/h1-2,9-10,18H,3-8H2,(H,16,19);1H,(H,2,3). The van der Waals surface area contributed by atoms with Crippen molar-refractivity contribution in [1.29, 1.82) is 0 Å². The van der Waals surface area contributed by atoms with Crippen LogP contribution in [0.4, 0.5) is 0 Å². The first kappa shape index (κ1) is 16.2. The van der Waals surface area contributed by atoms with Gasteiger partial charge in [0.1, 0.15) is 12.2 Å². The maximum Gasteiger partial charge on any atom is 0.290 e. The number of aliphatic hydroxyl groups excluding tert-OH is 1. The number of nitrogens with one attached hydrogen (secondary N) is 1. The summed E-state index contributed by atoms with van der Waals surface area (Å²) in [4.78, 5) is 24.9. The van der Waals surface area contributed by atoms with E-state index in [1.165, 1.54) is 6.33 Å². The van der Waals surface area contributed by atoms with Crippen LogP contribution < -0.4 is 5.32 Å². The summed E-state index contributed by atoms with van der Waals surface area (Å²) in [5, 5.41) is 23.5. The highest BCUT2D eigenvalue weighted by Crippen LogP contribution is 2.25. The maximum atomic E-state index is 12.3. The molecule has 0 bridgehead atoms. The molecule has 0 aromatic carbocycles. The van der Waals surface area contributed by atoms with Crippen molar-refractivity contribution in [1.82, 2.24) is 20.1 Å². The van der Waals surface area contributed by atoms with Gasteiger partial charge < -0.3 is 15.5 Å². The zero-order chi connectivity index (χ0) is 16.0. The molecule has 1 aromatic rings. The number of aryl methyl sites for hydroxylation is 1. The largest absolute Gasteiger partial charge is 0.483 e. The minimum atomic E-state index is -0.486. The van der Waals surface area contributed by atoms with Gasteiger partial charge in [0.15, 0.2) is 0 Å². The van der Waals surface area contributed by atoms with Crippen LogP contribution >= 0.6 is 0 Å². The van der Waals surface area contributed by atoms with Crippen molar-refractivity contribution in [2.24, 2.45) is 5.92 Å². The van der Waals surface area contributed by atoms with Gasteiger partial charge in [-0.2, -0.15) is 5.10 Å². The van der Waals surface area contributed by atoms with Gasteiger partial charge in [-0.3, -0.25) is 9.59 Å². The normalized spacial score (nSPS) is 21.4. The maximum absolute atomic E-state index is 12.3. The number of rotatable bonds is 3. The van der Waals surface area contributed by atoms with Crippen molar-refractivity contribution < 1.29 is 19.8 Å². The number of carboxylic acid groups (broad SMARTS) is 1. The first-order chi connectivity index (χ1) is 10.6. The van der Waals surface area contributed by atoms with Gasteiger partial charge in [0.05, 0.1) is 24.6 Å². The molecule has 1 aromatic heterocycles. The van der Waals surface area contributed by atoms with Gasteiger partial charge in [0, 0.05) is 6.42 Å². The summed E-state index contributed by atoms with van der Waals surface area (Å²) in [6, 6.07) is 0. The van der Waals surface area contributed by atoms with Crippen LogP contribution in [0, 0.1) is 5.92 Å². The van der Waals surface area contributed by atoms with Crippen LogP contribution in [0.5, 0.6) is 0 Å². The van der Waals surface area contributed by atoms with Crippen LogP contribution in [0.1, 0.15) is 25.1 Å². The van der Waals surface area contributed by atoms with Crippen molar-refractivity contribution in [2.75, 3.05) is 6.61 Å². The van der Waals surface area contributed by atoms with Gasteiger partial charge in [0.2, 0.25) is 5.91 Å². The predicted octanol–water partition coefficient (Wildman–Crippen LogP) is -0.261. The number of aromatic nitrogens is 3. The van der Waals surface area contributed by atoms with E-state index in [4.69, 9.17) is 9.90 Å². The molecular formula is C14H20N4O4. The molecule has 1 atom stereocenters. The molecule has 22 heavy (non-hydrogen) atoms. The second kappa shape index (κ2) is 7.17. The Balaban J connectivity index is 0.000000545. The molecule has 0 spiro atoms. The van der Waals surface area contributed by atoms with Gasteiger partial charge in [0.25, 0.3) is 6.47 Å². The molecule has 8 heteroatoms. The van der Waals surface area contributed by atoms with E-state index in [0.29, 0.717) is 19.4 Å². The lowest BCUT2D eigenvalue weighted by atomic mass is 9.93. The average Bonchev–Trinajstić information content (AvgIpc) is 3.16. The monoisotopic (exact) mass is 308 g/mol. The minimum Gasteiger partial charge on any atom is -0.483 e. The Hall–Kier alpha value is -2.22. The zero-order valence-corrected chi connectivity index (χ0v) is 12.2. The highest BCUT2D eigenvalue weighted by Gasteiger charge is 2.35. The minimum absolute atomic E-state index is 0.0129. The van der Waals surface area contributed by atoms with E-state index in [9.17, 15) is 9.90 Å². The number of aliphatic hydroxyl groups is 1. The molecule has 120 valence electrons. The van der Waals surface area contributed by atoms with Crippen molar-refractivity contribution >= 4 is 12.4 Å². The summed E-state index contributed by atoms with van der Waals surface area (Å²) in [6.07, 6.45) is 8.53. The van der Waals surface area contributed by atoms with Crippen LogP contribution in [0.25, 0.3) is 0 Å². The lowest BCUT2D eigenvalue weighted by Crippen LogP contribution is -2.52. The SMILES string of the molecule is O=C(NC1(CO)CC=CC1)C1CCc2ncnn2C1.O=CO. The molecule has 1 unspecified atom stereocenters. The van der Waals surface area contributed by atoms with E-state index < -0.39 is 5.54 Å². The number of hydrogen-bond donors (Lipinski definition) is 3. The number of carbonyl (C=O) groups excluding carboxylic acids is 1. The van der Waals surface area contributed by atoms with Crippen LogP contribution in [0.3, 0.4) is 0 Å². The molecule has 0 fully saturated rings. The lowest BCUT2D eigenvalue weighted by Gasteiger charge is -2.31. The van der Waals surface area contributed by atoms with Gasteiger partial charge in [-0.1, -0.05) is 12.2 Å². The molecule has 3 N–H and O–H groups in total. The average molecular weight is 308 g/mol. The Morgan fingerprint density at radius 2 is 2.18 bits per heavy atom. The van der Waals surface area contributed by atoms with Gasteiger partial charge in [-0.25, -0.2) is 9.67 Å². The summed E-state index contributed by atoms with van der Waals surface area (Å²) in [5.74, 6) is 0.876. The van der Waals surface area contributed by atoms with Crippen LogP contribution in [0.15, 0.2) is 18.5 Å².